The number of nitrogens with one attached hydrogen (secondary N) is 1. The van der Waals surface area contributed by atoms with Gasteiger partial charge in [-0.05, 0) is 70.3 Å². The minimum Gasteiger partial charge on any atom is -0.494 e. The van der Waals surface area contributed by atoms with Crippen LogP contribution in [-0.2, 0) is 0 Å². The van der Waals surface area contributed by atoms with Gasteiger partial charge in [0.1, 0.15) is 11.4 Å². The molecule has 5 rings (SSSR count). The van der Waals surface area contributed by atoms with Crippen molar-refractivity contribution in [3.05, 3.63) is 78.0 Å². The zero-order valence-electron chi connectivity index (χ0n) is 20.3. The van der Waals surface area contributed by atoms with Crippen molar-refractivity contribution in [1.82, 2.24) is 30.7 Å². The van der Waals surface area contributed by atoms with Gasteiger partial charge in [-0.3, -0.25) is 4.79 Å². The summed E-state index contributed by atoms with van der Waals surface area (Å²) in [4.78, 5) is 13.2. The van der Waals surface area contributed by atoms with E-state index in [1.165, 1.54) is 4.68 Å². The van der Waals surface area contributed by atoms with Crippen molar-refractivity contribution in [3.63, 3.8) is 0 Å². The topological polar surface area (TPSA) is 146 Å². The molecule has 0 fully saturated rings. The average Bonchev–Trinajstić information content (AvgIpc) is 3.56. The number of nitrogen functional groups attached to an aromatic ring is 1. The van der Waals surface area contributed by atoms with Crippen LogP contribution in [-0.4, -0.2) is 43.5 Å². The molecular formula is C26H24N8O3. The van der Waals surface area contributed by atoms with E-state index >= 15 is 0 Å². The third-order valence-electron chi connectivity index (χ3n) is 5.67. The second-order valence-electron chi connectivity index (χ2n) is 8.24. The number of hydrogen-bond donors (Lipinski definition) is 2. The second-order valence-corrected chi connectivity index (χ2v) is 8.24. The average molecular weight is 497 g/mol. The number of ether oxygens (including phenoxy) is 1. The summed E-state index contributed by atoms with van der Waals surface area (Å²) in [5.74, 6) is 0.270. The SMILES string of the molecule is CCCOc1ccc(-c2c(C(=O)NN=C(C)c3ccc4ccccc4c3)nnn2-c2nonc2N)cc1. The van der Waals surface area contributed by atoms with E-state index < -0.39 is 5.91 Å². The number of aromatic nitrogens is 5. The first kappa shape index (κ1) is 23.7. The number of nitrogens with zero attached hydrogens (tertiary/aromatic N) is 6. The summed E-state index contributed by atoms with van der Waals surface area (Å²) in [5, 5.41) is 22.1. The van der Waals surface area contributed by atoms with Crippen LogP contribution in [0.5, 0.6) is 5.75 Å². The van der Waals surface area contributed by atoms with Gasteiger partial charge in [0.15, 0.2) is 5.69 Å². The largest absolute Gasteiger partial charge is 0.494 e. The van der Waals surface area contributed by atoms with Crippen LogP contribution in [0, 0.1) is 0 Å². The number of nitrogens with two attached hydrogens (primary N) is 1. The molecule has 0 unspecified atom stereocenters. The molecule has 5 aromatic rings. The number of carbonyl (C=O) groups is 1. The molecule has 2 heterocycles. The fourth-order valence-corrected chi connectivity index (χ4v) is 3.78. The fraction of sp³-hybridized carbons (Fsp3) is 0.154. The van der Waals surface area contributed by atoms with Crippen molar-refractivity contribution < 1.29 is 14.2 Å². The predicted molar refractivity (Wildman–Crippen MR) is 138 cm³/mol. The lowest BCUT2D eigenvalue weighted by molar-refractivity contribution is 0.0950. The molecule has 37 heavy (non-hydrogen) atoms. The van der Waals surface area contributed by atoms with Crippen molar-refractivity contribution in [3.8, 4) is 22.8 Å². The Morgan fingerprint density at radius 3 is 2.59 bits per heavy atom. The maximum absolute atomic E-state index is 13.2. The third-order valence-corrected chi connectivity index (χ3v) is 5.67. The van der Waals surface area contributed by atoms with E-state index in [9.17, 15) is 4.79 Å². The van der Waals surface area contributed by atoms with Gasteiger partial charge in [-0.25, -0.2) is 10.1 Å². The Morgan fingerprint density at radius 1 is 1.08 bits per heavy atom. The smallest absolute Gasteiger partial charge is 0.294 e. The van der Waals surface area contributed by atoms with E-state index in [-0.39, 0.29) is 17.3 Å². The number of anilines is 1. The number of hydrogen-bond acceptors (Lipinski definition) is 9. The van der Waals surface area contributed by atoms with Crippen LogP contribution in [0.3, 0.4) is 0 Å². The Bertz CT molecular complexity index is 1590. The summed E-state index contributed by atoms with van der Waals surface area (Å²) in [6.45, 7) is 4.45. The number of rotatable bonds is 8. The van der Waals surface area contributed by atoms with Crippen LogP contribution in [0.15, 0.2) is 76.5 Å². The number of carbonyl (C=O) groups excluding carboxylic acids is 1. The van der Waals surface area contributed by atoms with Crippen LogP contribution in [0.2, 0.25) is 0 Å². The Balaban J connectivity index is 1.46. The molecule has 11 nitrogen and oxygen atoms in total. The highest BCUT2D eigenvalue weighted by molar-refractivity contribution is 6.04. The van der Waals surface area contributed by atoms with Crippen molar-refractivity contribution in [2.24, 2.45) is 5.10 Å². The number of amides is 1. The van der Waals surface area contributed by atoms with Gasteiger partial charge in [0.05, 0.1) is 12.3 Å². The van der Waals surface area contributed by atoms with Gasteiger partial charge in [0.2, 0.25) is 11.6 Å². The number of fused-ring (bicyclic) bond motifs is 1. The molecule has 0 bridgehead atoms. The van der Waals surface area contributed by atoms with Gasteiger partial charge >= 0.3 is 0 Å². The van der Waals surface area contributed by atoms with Gasteiger partial charge in [-0.2, -0.15) is 9.78 Å². The Labute approximate surface area is 211 Å². The highest BCUT2D eigenvalue weighted by atomic mass is 16.6. The van der Waals surface area contributed by atoms with Gasteiger partial charge < -0.3 is 10.5 Å². The molecule has 3 N–H and O–H groups in total. The van der Waals surface area contributed by atoms with Crippen LogP contribution in [0.1, 0.15) is 36.3 Å². The normalized spacial score (nSPS) is 11.6. The minimum absolute atomic E-state index is 0.00572. The molecule has 0 saturated heterocycles. The maximum Gasteiger partial charge on any atom is 0.294 e. The summed E-state index contributed by atoms with van der Waals surface area (Å²) in [6, 6.07) is 21.2. The molecule has 1 amide bonds. The summed E-state index contributed by atoms with van der Waals surface area (Å²) in [5.41, 5.74) is 11.0. The lowest BCUT2D eigenvalue weighted by atomic mass is 10.0. The van der Waals surface area contributed by atoms with E-state index in [0.29, 0.717) is 29.3 Å². The van der Waals surface area contributed by atoms with Crippen molar-refractivity contribution in [2.75, 3.05) is 12.3 Å². The monoisotopic (exact) mass is 496 g/mol. The molecule has 11 heteroatoms. The van der Waals surface area contributed by atoms with Crippen molar-refractivity contribution >= 4 is 28.2 Å². The van der Waals surface area contributed by atoms with E-state index in [4.69, 9.17) is 15.1 Å². The van der Waals surface area contributed by atoms with Gasteiger partial charge in [0, 0.05) is 5.56 Å². The summed E-state index contributed by atoms with van der Waals surface area (Å²) in [6.07, 6.45) is 0.889. The maximum atomic E-state index is 13.2. The Hall–Kier alpha value is -5.06. The predicted octanol–water partition coefficient (Wildman–Crippen LogP) is 4.00. The molecule has 2 aromatic heterocycles. The highest BCUT2D eigenvalue weighted by Crippen LogP contribution is 2.28. The van der Waals surface area contributed by atoms with Crippen LogP contribution < -0.4 is 15.9 Å². The highest BCUT2D eigenvalue weighted by Gasteiger charge is 2.25. The lowest BCUT2D eigenvalue weighted by Gasteiger charge is -2.08. The molecule has 186 valence electrons. The standard InChI is InChI=1S/C26H24N8O3/c1-3-14-36-21-12-10-18(11-13-21)23-22(29-33-34(23)25-24(27)31-37-32-25)26(35)30-28-16(2)19-9-8-17-6-4-5-7-20(17)15-19/h4-13,15H,3,14H2,1-2H3,(H2,27,31)(H,30,35). The van der Waals surface area contributed by atoms with E-state index in [1.807, 2.05) is 56.3 Å². The number of hydrazone groups is 1. The molecule has 0 aliphatic rings. The summed E-state index contributed by atoms with van der Waals surface area (Å²) < 4.78 is 11.7. The molecule has 0 radical (unpaired) electrons. The van der Waals surface area contributed by atoms with Crippen LogP contribution in [0.4, 0.5) is 5.82 Å². The molecule has 0 spiro atoms. The molecule has 0 aliphatic heterocycles. The molecule has 0 saturated carbocycles. The Kier molecular flexibility index (Phi) is 6.58. The molecule has 3 aromatic carbocycles. The third kappa shape index (κ3) is 4.87. The van der Waals surface area contributed by atoms with E-state index in [1.54, 1.807) is 24.3 Å². The minimum atomic E-state index is -0.553. The zero-order chi connectivity index (χ0) is 25.8. The zero-order valence-corrected chi connectivity index (χ0v) is 20.3. The Morgan fingerprint density at radius 2 is 1.86 bits per heavy atom. The molecule has 0 atom stereocenters. The molecular weight excluding hydrogens is 472 g/mol. The first-order valence-corrected chi connectivity index (χ1v) is 11.7. The van der Waals surface area contributed by atoms with Gasteiger partial charge in [-0.1, -0.05) is 48.5 Å². The first-order valence-electron chi connectivity index (χ1n) is 11.7. The van der Waals surface area contributed by atoms with Crippen molar-refractivity contribution in [2.45, 2.75) is 20.3 Å². The lowest BCUT2D eigenvalue weighted by Crippen LogP contribution is -2.21. The second kappa shape index (κ2) is 10.3. The van der Waals surface area contributed by atoms with Gasteiger partial charge in [0.25, 0.3) is 5.91 Å². The van der Waals surface area contributed by atoms with Crippen LogP contribution >= 0.6 is 0 Å². The number of benzene rings is 3. The molecule has 0 aliphatic carbocycles. The van der Waals surface area contributed by atoms with Crippen molar-refractivity contribution in [1.29, 1.82) is 0 Å². The fourth-order valence-electron chi connectivity index (χ4n) is 3.78. The van der Waals surface area contributed by atoms with E-state index in [2.05, 4.69) is 31.2 Å². The first-order chi connectivity index (χ1) is 18.0. The van der Waals surface area contributed by atoms with Crippen LogP contribution in [0.25, 0.3) is 27.8 Å². The van der Waals surface area contributed by atoms with E-state index in [0.717, 1.165) is 22.8 Å². The van der Waals surface area contributed by atoms with Gasteiger partial charge in [-0.15, -0.1) is 5.10 Å². The quantitative estimate of drug-likeness (QED) is 0.242. The summed E-state index contributed by atoms with van der Waals surface area (Å²) in [7, 11) is 0. The summed E-state index contributed by atoms with van der Waals surface area (Å²) >= 11 is 0.